The molecular weight excluding hydrogens is 1540 g/mol. The van der Waals surface area contributed by atoms with E-state index in [1.54, 1.807) is 0 Å². The molecule has 2 aliphatic heterocycles. The minimum absolute atomic E-state index is 0.0635. The topological polar surface area (TPSA) is 382 Å². The van der Waals surface area contributed by atoms with Gasteiger partial charge >= 0.3 is 0 Å². The molecule has 0 spiro atoms. The van der Waals surface area contributed by atoms with Crippen molar-refractivity contribution < 1.29 is 67.3 Å². The fourth-order valence-electron chi connectivity index (χ4n) is 13.7. The highest BCUT2D eigenvalue weighted by Crippen LogP contribution is 2.45. The Balaban J connectivity index is 1.55. The Morgan fingerprint density at radius 3 is 0.546 bits per heavy atom. The van der Waals surface area contributed by atoms with Gasteiger partial charge in [-0.05, 0) is 93.5 Å². The van der Waals surface area contributed by atoms with Crippen LogP contribution in [0.3, 0.4) is 0 Å². The van der Waals surface area contributed by atoms with Crippen LogP contribution in [0.1, 0.15) is 235 Å². The molecule has 24 nitrogen and oxygen atoms in total. The van der Waals surface area contributed by atoms with Gasteiger partial charge in [0, 0.05) is 43.8 Å². The zero-order valence-electron chi connectivity index (χ0n) is 63.6. The lowest BCUT2D eigenvalue weighted by Gasteiger charge is -2.14. The fraction of sp³-hybridized carbons (Fsp3) is 0.579. The van der Waals surface area contributed by atoms with E-state index in [0.29, 0.717) is 89.9 Å². The van der Waals surface area contributed by atoms with E-state index in [1.165, 1.54) is 43.3 Å². The summed E-state index contributed by atoms with van der Waals surface area (Å²) < 4.78 is 239. The van der Waals surface area contributed by atoms with Crippen LogP contribution in [0.4, 0.5) is 0 Å². The second kappa shape index (κ2) is 36.5. The molecule has 3 aromatic heterocycles. The van der Waals surface area contributed by atoms with Crippen molar-refractivity contribution in [3.05, 3.63) is 48.5 Å². The first-order valence-corrected chi connectivity index (χ1v) is 51.8. The molecule has 32 heteroatoms. The Labute approximate surface area is 639 Å². The van der Waals surface area contributed by atoms with Crippen LogP contribution in [0.15, 0.2) is 87.7 Å². The molecule has 0 atom stereocenters. The van der Waals surface area contributed by atoms with E-state index < -0.39 is 164 Å². The molecule has 0 fully saturated rings. The van der Waals surface area contributed by atoms with Crippen molar-refractivity contribution in [3.8, 4) is 45.6 Å². The molecule has 0 saturated carbocycles. The summed E-state index contributed by atoms with van der Waals surface area (Å²) in [5.41, 5.74) is -1.37. The summed E-state index contributed by atoms with van der Waals surface area (Å²) in [5, 5.41) is -0.258. The molecule has 2 aliphatic rings. The van der Waals surface area contributed by atoms with Gasteiger partial charge < -0.3 is 9.97 Å². The van der Waals surface area contributed by atoms with E-state index in [9.17, 15) is 16.8 Å². The lowest BCUT2D eigenvalue weighted by Crippen LogP contribution is -2.16. The van der Waals surface area contributed by atoms with Gasteiger partial charge in [-0.15, -0.1) is 0 Å². The molecule has 8 bridgehead atoms. The molecule has 0 unspecified atom stereocenters. The lowest BCUT2D eigenvalue weighted by atomic mass is 10.1. The van der Waals surface area contributed by atoms with Crippen molar-refractivity contribution in [2.75, 3.05) is 46.0 Å². The summed E-state index contributed by atoms with van der Waals surface area (Å²) in [5.74, 6) is -5.05. The van der Waals surface area contributed by atoms with Crippen LogP contribution >= 0.6 is 0 Å². The van der Waals surface area contributed by atoms with Crippen LogP contribution in [0.5, 0.6) is 0 Å². The van der Waals surface area contributed by atoms with Crippen LogP contribution in [0.25, 0.3) is 89.7 Å². The lowest BCUT2D eigenvalue weighted by molar-refractivity contribution is 0.576. The van der Waals surface area contributed by atoms with Crippen molar-refractivity contribution in [1.29, 1.82) is 0 Å². The molecule has 4 aromatic carbocycles. The van der Waals surface area contributed by atoms with Crippen molar-refractivity contribution >= 4 is 123 Å². The number of aromatic amines is 2. The van der Waals surface area contributed by atoms with Gasteiger partial charge in [-0.25, -0.2) is 97.2 Å². The smallest absolute Gasteiger partial charge is 0.179 e. The second-order valence-electron chi connectivity index (χ2n) is 28.5. The van der Waals surface area contributed by atoms with Crippen LogP contribution in [0, 0.1) is 0 Å². The molecule has 0 aliphatic carbocycles. The van der Waals surface area contributed by atoms with Gasteiger partial charge in [-0.1, -0.05) is 190 Å². The molecule has 5 heterocycles. The number of hydrogen-bond acceptors (Lipinski definition) is 22. The quantitative estimate of drug-likeness (QED) is 0.0335. The highest BCUT2D eigenvalue weighted by Gasteiger charge is 2.37. The van der Waals surface area contributed by atoms with Crippen LogP contribution < -0.4 is 0 Å². The summed E-state index contributed by atoms with van der Waals surface area (Å²) in [4.78, 5) is 32.0. The van der Waals surface area contributed by atoms with Gasteiger partial charge in [0.25, 0.3) is 0 Å². The highest BCUT2D eigenvalue weighted by molar-refractivity contribution is 7.96. The van der Waals surface area contributed by atoms with Gasteiger partial charge in [0.2, 0.25) is 0 Å². The third-order valence-corrected chi connectivity index (χ3v) is 35.1. The van der Waals surface area contributed by atoms with E-state index >= 15 is 50.5 Å². The van der Waals surface area contributed by atoms with E-state index in [0.717, 1.165) is 57.1 Å². The van der Waals surface area contributed by atoms with Crippen LogP contribution in [-0.4, -0.2) is 153 Å². The van der Waals surface area contributed by atoms with Crippen molar-refractivity contribution in [2.45, 2.75) is 274 Å². The highest BCUT2D eigenvalue weighted by atomic mass is 32.2. The Morgan fingerprint density at radius 1 is 0.213 bits per heavy atom. The first kappa shape index (κ1) is 85.8. The maximum absolute atomic E-state index is 15.1. The van der Waals surface area contributed by atoms with Crippen molar-refractivity contribution in [2.24, 2.45) is 0 Å². The predicted molar refractivity (Wildman–Crippen MR) is 427 cm³/mol. The zero-order valence-corrected chi connectivity index (χ0v) is 70.1. The van der Waals surface area contributed by atoms with Crippen molar-refractivity contribution in [1.82, 2.24) is 39.9 Å². The standard InChI is InChI=1S/C76H106N8O16S8/c1-9-17-24-31-38-102(87,88)62-46-54-53(45-61(62)101(85,86)16-8)69-77-70(54)79-72-57-49-65(105(93,94)41-34-27-20-12-4)66(106(95,96)42-35-28-21-13-5)50-58(57)74(81-72)83-76-60-52-68(108(99,100)44-37-30-23-15-7)67(107(97,98)43-36-29-22-14-6)51-59(60)75(84-76)82-73-56-48-64(104(91,92)40-33-26-19-11-3)63(47-55(56)71(78-69)80-73)103(89,90)39-32-25-18-10-2/h45-52H,9-44H2,1-8H3,(H2,77,78,79,80,81,82,83,84). The third-order valence-electron chi connectivity index (χ3n) is 20.0. The van der Waals surface area contributed by atoms with Gasteiger partial charge in [-0.2, -0.15) is 0 Å². The van der Waals surface area contributed by atoms with E-state index in [1.807, 2.05) is 48.5 Å². The SMILES string of the molecule is CCCCCCS(=O)(=O)c1cc2c(cc1S(=O)(=O)CC)-c1nc-2nc2[nH]c(nc3nc(nc4[nH]c(n1)c1cc(S(=O)(=O)CCCCCC)c(S(=O)(=O)CCCCCC)cc41)-c1cc(S(=O)(=O)CCCCCC)c(S(=O)(=O)CCCCCC)cc1-3)c1cc(S(=O)(=O)CCCCCC)c(S(=O)(=O)CCCCCC)cc21. The number of H-pyrrole nitrogens is 2. The van der Waals surface area contributed by atoms with E-state index in [-0.39, 0.29) is 135 Å². The molecule has 0 amide bonds. The number of fused-ring (bicyclic) bond motifs is 20. The average molecular weight is 1640 g/mol. The number of aromatic nitrogens is 8. The Hall–Kier alpha value is -6.16. The largest absolute Gasteiger partial charge is 0.324 e. The number of nitrogens with zero attached hydrogens (tertiary/aromatic N) is 6. The van der Waals surface area contributed by atoms with Gasteiger partial charge in [0.1, 0.15) is 22.6 Å². The molecule has 108 heavy (non-hydrogen) atoms. The van der Waals surface area contributed by atoms with Gasteiger partial charge in [0.15, 0.2) is 102 Å². The maximum Gasteiger partial charge on any atom is 0.179 e. The van der Waals surface area contributed by atoms with Gasteiger partial charge in [0.05, 0.1) is 85.2 Å². The molecule has 594 valence electrons. The summed E-state index contributed by atoms with van der Waals surface area (Å²) >= 11 is 0. The molecule has 7 aromatic rings. The second-order valence-corrected chi connectivity index (χ2v) is 45.3. The van der Waals surface area contributed by atoms with Gasteiger partial charge in [-0.3, -0.25) is 0 Å². The first-order valence-electron chi connectivity index (χ1n) is 38.6. The van der Waals surface area contributed by atoms with E-state index in [4.69, 9.17) is 29.9 Å². The normalized spacial score (nSPS) is 13.3. The Kier molecular flexibility index (Phi) is 29.0. The summed E-state index contributed by atoms with van der Waals surface area (Å²) in [6, 6.07) is 9.34. The number of benzene rings is 4. The molecule has 9 rings (SSSR count). The van der Waals surface area contributed by atoms with Crippen LogP contribution in [-0.2, 0) is 78.7 Å². The average Bonchev–Trinajstić information content (AvgIpc) is 1.60. The Bertz CT molecular complexity index is 5520. The molecule has 2 N–H and O–H groups in total. The first-order chi connectivity index (χ1) is 51.2. The summed E-state index contributed by atoms with van der Waals surface area (Å²) in [6.45, 7) is 15.1. The predicted octanol–water partition coefficient (Wildman–Crippen LogP) is 16.1. The molecular formula is C76H106N8O16S8. The van der Waals surface area contributed by atoms with Crippen LogP contribution in [0.2, 0.25) is 0 Å². The maximum atomic E-state index is 15.1. The number of sulfone groups is 8. The van der Waals surface area contributed by atoms with Crippen molar-refractivity contribution in [3.63, 3.8) is 0 Å². The third kappa shape index (κ3) is 19.8. The molecule has 0 radical (unpaired) electrons. The number of rotatable bonds is 44. The molecule has 0 saturated heterocycles. The number of hydrogen-bond donors (Lipinski definition) is 2. The monoisotopic (exact) mass is 1640 g/mol. The minimum Gasteiger partial charge on any atom is -0.324 e. The van der Waals surface area contributed by atoms with E-state index in [2.05, 4.69) is 9.97 Å². The minimum atomic E-state index is -4.50. The Morgan fingerprint density at radius 2 is 0.380 bits per heavy atom. The number of nitrogens with one attached hydrogen (secondary N) is 2. The fourth-order valence-corrected chi connectivity index (χ4v) is 28.0. The zero-order chi connectivity index (χ0) is 78.6. The summed E-state index contributed by atoms with van der Waals surface area (Å²) in [6.07, 6.45) is 15.1. The summed E-state index contributed by atoms with van der Waals surface area (Å²) in [7, 11) is -35.9. The number of unbranched alkanes of at least 4 members (excludes halogenated alkanes) is 21.